The van der Waals surface area contributed by atoms with E-state index in [1.807, 2.05) is 12.2 Å². The minimum atomic E-state index is 0.380. The molecule has 0 N–H and O–H groups in total. The molecule has 0 radical (unpaired) electrons. The van der Waals surface area contributed by atoms with Crippen molar-refractivity contribution in [2.75, 3.05) is 4.90 Å². The molecule has 1 atom stereocenters. The fourth-order valence-electron chi connectivity index (χ4n) is 6.49. The standard InChI is InChI=1S/C43H38N2/c1-4-5-7-11-32-18-26-42-40(28-32)41-30-36(21-27-43(41)44(42)3)34-19-24-38(25-20-34)45(37-22-16-31(2)17-23-37)39-15-10-14-35(29-39)33-12-8-6-9-13-33/h4-5,7-8,10-17,19-22,24-31H,1,6,9,18H2,2-3H3/b7-5-,32-11+. The summed E-state index contributed by atoms with van der Waals surface area (Å²) in [7, 11) is 2.17. The van der Waals surface area contributed by atoms with Crippen LogP contribution in [0.1, 0.15) is 31.7 Å². The summed E-state index contributed by atoms with van der Waals surface area (Å²) in [5, 5.41) is 3.86. The van der Waals surface area contributed by atoms with Crippen LogP contribution in [0, 0.1) is 5.92 Å². The number of hydrogen-bond donors (Lipinski definition) is 0. The van der Waals surface area contributed by atoms with Crippen molar-refractivity contribution in [2.45, 2.75) is 26.2 Å². The Morgan fingerprint density at radius 1 is 0.889 bits per heavy atom. The quantitative estimate of drug-likeness (QED) is 0.156. The van der Waals surface area contributed by atoms with Crippen molar-refractivity contribution in [2.24, 2.45) is 13.0 Å². The summed E-state index contributed by atoms with van der Waals surface area (Å²) < 4.78 is 2.31. The molecule has 0 spiro atoms. The first kappa shape index (κ1) is 28.5. The Morgan fingerprint density at radius 2 is 1.76 bits per heavy atom. The van der Waals surface area contributed by atoms with Gasteiger partial charge in [-0.15, -0.1) is 0 Å². The molecule has 2 nitrogen and oxygen atoms in total. The first-order chi connectivity index (χ1) is 22.1. The third kappa shape index (κ3) is 5.69. The van der Waals surface area contributed by atoms with Crippen LogP contribution in [0.15, 0.2) is 151 Å². The lowest BCUT2D eigenvalue weighted by molar-refractivity contribution is 0.919. The lowest BCUT2D eigenvalue weighted by atomic mass is 9.98. The van der Waals surface area contributed by atoms with Crippen LogP contribution in [0.3, 0.4) is 0 Å². The van der Waals surface area contributed by atoms with Crippen LogP contribution >= 0.6 is 0 Å². The summed E-state index contributed by atoms with van der Waals surface area (Å²) in [6.45, 7) is 5.98. The zero-order valence-electron chi connectivity index (χ0n) is 26.1. The van der Waals surface area contributed by atoms with Crippen LogP contribution in [0.25, 0.3) is 39.8 Å². The Labute approximate surface area is 266 Å². The molecule has 0 fully saturated rings. The summed E-state index contributed by atoms with van der Waals surface area (Å²) in [4.78, 5) is 2.31. The van der Waals surface area contributed by atoms with E-state index in [1.54, 1.807) is 0 Å². The number of hydrogen-bond acceptors (Lipinski definition) is 1. The van der Waals surface area contributed by atoms with Gasteiger partial charge in [0.05, 0.1) is 5.70 Å². The van der Waals surface area contributed by atoms with Crippen LogP contribution in [-0.4, -0.2) is 4.57 Å². The maximum Gasteiger partial charge on any atom is 0.0884 e. The van der Waals surface area contributed by atoms with Crippen LogP contribution in [0.2, 0.25) is 0 Å². The van der Waals surface area contributed by atoms with Crippen molar-refractivity contribution in [3.05, 3.63) is 167 Å². The molecule has 1 unspecified atom stereocenters. The minimum absolute atomic E-state index is 0.380. The van der Waals surface area contributed by atoms with Crippen LogP contribution in [0.5, 0.6) is 0 Å². The molecule has 0 saturated heterocycles. The first-order valence-corrected chi connectivity index (χ1v) is 15.9. The molecule has 0 aliphatic heterocycles. The number of nitrogens with zero attached hydrogens (tertiary/aromatic N) is 2. The van der Waals surface area contributed by atoms with Gasteiger partial charge in [0.2, 0.25) is 0 Å². The molecule has 45 heavy (non-hydrogen) atoms. The molecule has 4 aromatic rings. The van der Waals surface area contributed by atoms with Gasteiger partial charge in [-0.05, 0) is 108 Å². The Balaban J connectivity index is 1.28. The number of aryl methyl sites for hydroxylation is 1. The van der Waals surface area contributed by atoms with E-state index in [-0.39, 0.29) is 0 Å². The zero-order chi connectivity index (χ0) is 30.8. The van der Waals surface area contributed by atoms with Crippen LogP contribution in [-0.2, 0) is 7.05 Å². The van der Waals surface area contributed by atoms with Gasteiger partial charge in [-0.1, -0.05) is 104 Å². The molecule has 7 rings (SSSR count). The van der Waals surface area contributed by atoms with Gasteiger partial charge in [0.1, 0.15) is 0 Å². The number of allylic oxidation sites excluding steroid dienone is 11. The molecule has 0 amide bonds. The number of anilines is 2. The van der Waals surface area contributed by atoms with E-state index >= 15 is 0 Å². The maximum absolute atomic E-state index is 3.79. The second-order valence-electron chi connectivity index (χ2n) is 12.0. The van der Waals surface area contributed by atoms with Gasteiger partial charge in [0.15, 0.2) is 0 Å². The molecule has 3 aliphatic rings. The van der Waals surface area contributed by atoms with Gasteiger partial charge in [-0.25, -0.2) is 0 Å². The predicted molar refractivity (Wildman–Crippen MR) is 193 cm³/mol. The second kappa shape index (κ2) is 12.4. The molecular weight excluding hydrogens is 544 g/mol. The molecule has 3 aromatic carbocycles. The van der Waals surface area contributed by atoms with Gasteiger partial charge < -0.3 is 9.47 Å². The van der Waals surface area contributed by atoms with E-state index in [2.05, 4.69) is 163 Å². The number of fused-ring (bicyclic) bond motifs is 3. The van der Waals surface area contributed by atoms with Crippen LogP contribution < -0.4 is 15.5 Å². The maximum atomic E-state index is 3.79. The van der Waals surface area contributed by atoms with Crippen molar-refractivity contribution >= 4 is 40.0 Å². The van der Waals surface area contributed by atoms with E-state index in [9.17, 15) is 0 Å². The smallest absolute Gasteiger partial charge is 0.0884 e. The molecule has 1 heterocycles. The van der Waals surface area contributed by atoms with Gasteiger partial charge in [-0.2, -0.15) is 0 Å². The van der Waals surface area contributed by atoms with Gasteiger partial charge in [0, 0.05) is 39.9 Å². The fraction of sp³-hybridized carbons (Fsp3) is 0.140. The average molecular weight is 583 g/mol. The molecular formula is C43H38N2. The lowest BCUT2D eigenvalue weighted by Gasteiger charge is -2.27. The number of benzene rings is 3. The Hall–Kier alpha value is -5.30. The molecule has 1 aromatic heterocycles. The van der Waals surface area contributed by atoms with E-state index in [4.69, 9.17) is 0 Å². The third-order valence-electron chi connectivity index (χ3n) is 8.89. The largest absolute Gasteiger partial charge is 0.344 e. The number of aromatic nitrogens is 1. The first-order valence-electron chi connectivity index (χ1n) is 15.9. The third-order valence-corrected chi connectivity index (χ3v) is 8.89. The summed E-state index contributed by atoms with van der Waals surface area (Å²) in [5.74, 6) is 0.380. The molecule has 0 saturated carbocycles. The van der Waals surface area contributed by atoms with Gasteiger partial charge in [-0.3, -0.25) is 0 Å². The normalized spacial score (nSPS) is 18.0. The Morgan fingerprint density at radius 3 is 2.53 bits per heavy atom. The van der Waals surface area contributed by atoms with Crippen molar-refractivity contribution in [1.29, 1.82) is 0 Å². The Kier molecular flexibility index (Phi) is 7.82. The SMILES string of the molecule is C=C/C=C\C=C1\C=c2c(n(C)c3ccc(-c4ccc(N(C5=C=CC(C)C=C5)c5cccc(C6=CCCC=C6)c5)cc4)cc23)=CC1. The average Bonchev–Trinajstić information content (AvgIpc) is 3.37. The summed E-state index contributed by atoms with van der Waals surface area (Å²) in [6.07, 6.45) is 29.3. The monoisotopic (exact) mass is 582 g/mol. The highest BCUT2D eigenvalue weighted by Crippen LogP contribution is 2.35. The lowest BCUT2D eigenvalue weighted by Crippen LogP contribution is -2.29. The predicted octanol–water partition coefficient (Wildman–Crippen LogP) is 9.59. The van der Waals surface area contributed by atoms with E-state index in [0.29, 0.717) is 5.92 Å². The minimum Gasteiger partial charge on any atom is -0.344 e. The van der Waals surface area contributed by atoms with Crippen molar-refractivity contribution in [1.82, 2.24) is 4.57 Å². The van der Waals surface area contributed by atoms with Gasteiger partial charge in [0.25, 0.3) is 0 Å². The van der Waals surface area contributed by atoms with Crippen LogP contribution in [0.4, 0.5) is 11.4 Å². The van der Waals surface area contributed by atoms with Crippen molar-refractivity contribution in [3.8, 4) is 11.1 Å². The highest BCUT2D eigenvalue weighted by Gasteiger charge is 2.17. The highest BCUT2D eigenvalue weighted by atomic mass is 15.1. The van der Waals surface area contributed by atoms with E-state index in [0.717, 1.165) is 36.3 Å². The van der Waals surface area contributed by atoms with Crippen molar-refractivity contribution < 1.29 is 0 Å². The van der Waals surface area contributed by atoms with Gasteiger partial charge >= 0.3 is 0 Å². The highest BCUT2D eigenvalue weighted by molar-refractivity contribution is 5.89. The summed E-state index contributed by atoms with van der Waals surface area (Å²) in [5.41, 5.74) is 14.4. The molecule has 3 aliphatic carbocycles. The zero-order valence-corrected chi connectivity index (χ0v) is 26.1. The topological polar surface area (TPSA) is 8.17 Å². The Bertz CT molecular complexity index is 2150. The summed E-state index contributed by atoms with van der Waals surface area (Å²) in [6, 6.07) is 24.7. The van der Waals surface area contributed by atoms with Crippen molar-refractivity contribution in [3.63, 3.8) is 0 Å². The van der Waals surface area contributed by atoms with E-state index < -0.39 is 0 Å². The molecule has 0 bridgehead atoms. The fourth-order valence-corrected chi connectivity index (χ4v) is 6.49. The summed E-state index contributed by atoms with van der Waals surface area (Å²) >= 11 is 0. The van der Waals surface area contributed by atoms with E-state index in [1.165, 1.54) is 49.3 Å². The second-order valence-corrected chi connectivity index (χ2v) is 12.0. The molecule has 2 heteroatoms. The molecule has 220 valence electrons. The number of rotatable bonds is 7.